The second-order valence-corrected chi connectivity index (χ2v) is 6.35. The third-order valence-electron chi connectivity index (χ3n) is 3.22. The Hall–Kier alpha value is -0.860. The van der Waals surface area contributed by atoms with E-state index in [0.29, 0.717) is 6.42 Å². The van der Waals surface area contributed by atoms with Crippen LogP contribution in [0.3, 0.4) is 0 Å². The number of rotatable bonds is 3. The number of carbonyl (C=O) groups is 2. The van der Waals surface area contributed by atoms with Gasteiger partial charge in [0.25, 0.3) is 0 Å². The maximum Gasteiger partial charge on any atom is 0.310 e. The molecular weight excluding hydrogens is 204 g/mol. The summed E-state index contributed by atoms with van der Waals surface area (Å²) >= 11 is 0. The van der Waals surface area contributed by atoms with Crippen molar-refractivity contribution in [1.82, 2.24) is 0 Å². The van der Waals surface area contributed by atoms with E-state index >= 15 is 0 Å². The minimum absolute atomic E-state index is 0.0893. The van der Waals surface area contributed by atoms with Gasteiger partial charge in [0.1, 0.15) is 11.4 Å². The third kappa shape index (κ3) is 2.83. The minimum atomic E-state index is -0.448. The molecule has 0 saturated heterocycles. The molecule has 0 aromatic carbocycles. The molecular formula is C13H22O3. The van der Waals surface area contributed by atoms with E-state index in [4.69, 9.17) is 4.74 Å². The highest BCUT2D eigenvalue weighted by Crippen LogP contribution is 2.60. The molecule has 1 fully saturated rings. The standard InChI is InChI=1S/C13H22O3/c1-8(14)7-9-10(13(9,5)6)11(15)16-12(2,3)4/h9-10H,7H2,1-6H3. The molecule has 1 aliphatic rings. The molecule has 16 heavy (non-hydrogen) atoms. The highest BCUT2D eigenvalue weighted by molar-refractivity contribution is 5.82. The lowest BCUT2D eigenvalue weighted by Crippen LogP contribution is -2.26. The smallest absolute Gasteiger partial charge is 0.310 e. The van der Waals surface area contributed by atoms with Gasteiger partial charge in [-0.2, -0.15) is 0 Å². The molecule has 2 unspecified atom stereocenters. The number of carbonyl (C=O) groups excluding carboxylic acids is 2. The largest absolute Gasteiger partial charge is 0.460 e. The van der Waals surface area contributed by atoms with Gasteiger partial charge in [-0.3, -0.25) is 4.79 Å². The van der Waals surface area contributed by atoms with Crippen LogP contribution in [0.4, 0.5) is 0 Å². The van der Waals surface area contributed by atoms with Crippen molar-refractivity contribution in [1.29, 1.82) is 0 Å². The van der Waals surface area contributed by atoms with E-state index in [9.17, 15) is 9.59 Å². The molecule has 3 nitrogen and oxygen atoms in total. The number of ether oxygens (including phenoxy) is 1. The molecule has 0 radical (unpaired) electrons. The summed E-state index contributed by atoms with van der Waals surface area (Å²) in [5, 5.41) is 0. The first-order valence-corrected chi connectivity index (χ1v) is 5.78. The van der Waals surface area contributed by atoms with Crippen LogP contribution in [-0.2, 0) is 14.3 Å². The summed E-state index contributed by atoms with van der Waals surface area (Å²) in [6.45, 7) is 11.2. The first-order valence-electron chi connectivity index (χ1n) is 5.78. The van der Waals surface area contributed by atoms with Crippen molar-refractivity contribution < 1.29 is 14.3 Å². The lowest BCUT2D eigenvalue weighted by molar-refractivity contribution is -0.157. The van der Waals surface area contributed by atoms with E-state index in [0.717, 1.165) is 0 Å². The Morgan fingerprint density at radius 1 is 1.25 bits per heavy atom. The Labute approximate surface area is 97.5 Å². The van der Waals surface area contributed by atoms with Crippen molar-refractivity contribution in [3.05, 3.63) is 0 Å². The molecule has 2 atom stereocenters. The molecule has 1 aliphatic carbocycles. The second-order valence-electron chi connectivity index (χ2n) is 6.35. The molecule has 0 spiro atoms. The molecule has 0 N–H and O–H groups in total. The second kappa shape index (κ2) is 3.86. The van der Waals surface area contributed by atoms with E-state index < -0.39 is 5.60 Å². The zero-order valence-corrected chi connectivity index (χ0v) is 11.1. The summed E-state index contributed by atoms with van der Waals surface area (Å²) in [5.41, 5.74) is -0.537. The molecule has 0 aliphatic heterocycles. The van der Waals surface area contributed by atoms with Crippen LogP contribution in [0.25, 0.3) is 0 Å². The molecule has 0 amide bonds. The van der Waals surface area contributed by atoms with Crippen molar-refractivity contribution in [2.75, 3.05) is 0 Å². The molecule has 0 heterocycles. The molecule has 0 aromatic rings. The van der Waals surface area contributed by atoms with Crippen LogP contribution < -0.4 is 0 Å². The fourth-order valence-corrected chi connectivity index (χ4v) is 2.27. The van der Waals surface area contributed by atoms with Gasteiger partial charge in [0.2, 0.25) is 0 Å². The van der Waals surface area contributed by atoms with E-state index in [-0.39, 0.29) is 29.0 Å². The average Bonchev–Trinajstić information content (AvgIpc) is 2.47. The van der Waals surface area contributed by atoms with Crippen molar-refractivity contribution in [2.24, 2.45) is 17.3 Å². The number of ketones is 1. The van der Waals surface area contributed by atoms with Gasteiger partial charge in [0.05, 0.1) is 5.92 Å². The van der Waals surface area contributed by atoms with Gasteiger partial charge in [-0.25, -0.2) is 0 Å². The first kappa shape index (κ1) is 13.2. The van der Waals surface area contributed by atoms with Crippen molar-refractivity contribution in [3.63, 3.8) is 0 Å². The molecule has 3 heteroatoms. The van der Waals surface area contributed by atoms with Gasteiger partial charge in [-0.15, -0.1) is 0 Å². The van der Waals surface area contributed by atoms with E-state index in [2.05, 4.69) is 0 Å². The zero-order chi connectivity index (χ0) is 12.7. The zero-order valence-electron chi connectivity index (χ0n) is 11.1. The summed E-state index contributed by atoms with van der Waals surface area (Å²) in [7, 11) is 0. The van der Waals surface area contributed by atoms with E-state index in [1.165, 1.54) is 0 Å². The predicted octanol–water partition coefficient (Wildman–Crippen LogP) is 2.58. The molecule has 92 valence electrons. The Bertz CT molecular complexity index is 310. The number of Topliss-reactive ketones (excluding diaryl/α,β-unsaturated/α-hetero) is 1. The maximum absolute atomic E-state index is 11.9. The Morgan fingerprint density at radius 3 is 2.12 bits per heavy atom. The van der Waals surface area contributed by atoms with Crippen molar-refractivity contribution >= 4 is 11.8 Å². The molecule has 0 bridgehead atoms. The summed E-state index contributed by atoms with van der Waals surface area (Å²) < 4.78 is 5.36. The topological polar surface area (TPSA) is 43.4 Å². The fourth-order valence-electron chi connectivity index (χ4n) is 2.27. The normalized spacial score (nSPS) is 27.4. The Morgan fingerprint density at radius 2 is 1.75 bits per heavy atom. The molecule has 0 aromatic heterocycles. The molecule has 1 saturated carbocycles. The van der Waals surface area contributed by atoms with Gasteiger partial charge in [-0.05, 0) is 39.0 Å². The van der Waals surface area contributed by atoms with Crippen LogP contribution >= 0.6 is 0 Å². The summed E-state index contributed by atoms with van der Waals surface area (Å²) in [6.07, 6.45) is 0.483. The monoisotopic (exact) mass is 226 g/mol. The van der Waals surface area contributed by atoms with Crippen LogP contribution in [0.5, 0.6) is 0 Å². The predicted molar refractivity (Wildman–Crippen MR) is 61.9 cm³/mol. The summed E-state index contributed by atoms with van der Waals surface area (Å²) in [5.74, 6) is 0.0170. The number of esters is 1. The SMILES string of the molecule is CC(=O)CC1C(C(=O)OC(C)(C)C)C1(C)C. The van der Waals surface area contributed by atoms with Crippen LogP contribution in [-0.4, -0.2) is 17.4 Å². The van der Waals surface area contributed by atoms with Gasteiger partial charge >= 0.3 is 5.97 Å². The van der Waals surface area contributed by atoms with Crippen LogP contribution in [0.1, 0.15) is 48.0 Å². The number of hydrogen-bond acceptors (Lipinski definition) is 3. The Balaban J connectivity index is 2.62. The van der Waals surface area contributed by atoms with Gasteiger partial charge < -0.3 is 9.53 Å². The van der Waals surface area contributed by atoms with Crippen molar-refractivity contribution in [2.45, 2.75) is 53.6 Å². The fraction of sp³-hybridized carbons (Fsp3) is 0.846. The quantitative estimate of drug-likeness (QED) is 0.695. The third-order valence-corrected chi connectivity index (χ3v) is 3.22. The van der Waals surface area contributed by atoms with E-state index in [1.807, 2.05) is 34.6 Å². The van der Waals surface area contributed by atoms with Gasteiger partial charge in [-0.1, -0.05) is 13.8 Å². The Kier molecular flexibility index (Phi) is 3.19. The minimum Gasteiger partial charge on any atom is -0.460 e. The van der Waals surface area contributed by atoms with Crippen molar-refractivity contribution in [3.8, 4) is 0 Å². The average molecular weight is 226 g/mol. The van der Waals surface area contributed by atoms with Crippen LogP contribution in [0.2, 0.25) is 0 Å². The maximum atomic E-state index is 11.9. The molecule has 1 rings (SSSR count). The van der Waals surface area contributed by atoms with Crippen LogP contribution in [0, 0.1) is 17.3 Å². The highest BCUT2D eigenvalue weighted by Gasteiger charge is 2.62. The number of hydrogen-bond donors (Lipinski definition) is 0. The lowest BCUT2D eigenvalue weighted by atomic mass is 10.1. The summed E-state index contributed by atoms with van der Waals surface area (Å²) in [6, 6.07) is 0. The highest BCUT2D eigenvalue weighted by atomic mass is 16.6. The first-order chi connectivity index (χ1) is 7.05. The van der Waals surface area contributed by atoms with Crippen LogP contribution in [0.15, 0.2) is 0 Å². The summed E-state index contributed by atoms with van der Waals surface area (Å²) in [4.78, 5) is 23.0. The van der Waals surface area contributed by atoms with Gasteiger partial charge in [0.15, 0.2) is 0 Å². The van der Waals surface area contributed by atoms with Gasteiger partial charge in [0, 0.05) is 6.42 Å². The van der Waals surface area contributed by atoms with E-state index in [1.54, 1.807) is 6.92 Å². The lowest BCUT2D eigenvalue weighted by Gasteiger charge is -2.20.